The molecule has 2 saturated heterocycles. The number of piperazine rings is 1. The zero-order chi connectivity index (χ0) is 27.8. The quantitative estimate of drug-likeness (QED) is 0.478. The van der Waals surface area contributed by atoms with Crippen molar-refractivity contribution < 1.29 is 31.1 Å². The molecular weight excluding hydrogens is 566 g/mol. The molecule has 2 aromatic carbocycles. The van der Waals surface area contributed by atoms with E-state index in [0.29, 0.717) is 28.9 Å². The summed E-state index contributed by atoms with van der Waals surface area (Å²) >= 11 is 12.4. The van der Waals surface area contributed by atoms with Crippen LogP contribution in [0.5, 0.6) is 5.75 Å². The number of nitrogens with zero attached hydrogens (tertiary/aromatic N) is 3. The zero-order valence-electron chi connectivity index (χ0n) is 20.8. The van der Waals surface area contributed by atoms with Crippen LogP contribution in [-0.4, -0.2) is 80.2 Å². The standard InChI is InChI=1S/C25H28Cl2F3N3O4S/c1-16(37-19-6-4-18(5-7-19)25(28,29)30)20-14-32(15-21(20)17-3-8-22(26)23(27)13-17)24(34)31-9-11-33(12-10-31)38(2,35)36/h3-8,13,16,20-21H,9-12,14-15H2,1-2H3/t16-,20+,21+/m1/s1. The number of likely N-dealkylation sites (tertiary alicyclic amines) is 1. The molecule has 208 valence electrons. The van der Waals surface area contributed by atoms with E-state index in [-0.39, 0.29) is 44.0 Å². The molecule has 0 N–H and O–H groups in total. The number of benzene rings is 2. The van der Waals surface area contributed by atoms with Gasteiger partial charge in [-0.3, -0.25) is 0 Å². The number of alkyl halides is 3. The van der Waals surface area contributed by atoms with Crippen molar-refractivity contribution in [3.63, 3.8) is 0 Å². The van der Waals surface area contributed by atoms with Crippen molar-refractivity contribution in [2.24, 2.45) is 5.92 Å². The SMILES string of the molecule is C[C@@H](Oc1ccc(C(F)(F)F)cc1)[C@@H]1CN(C(=O)N2CCN(S(C)(=O)=O)CC2)C[C@H]1c1ccc(Cl)c(Cl)c1. The van der Waals surface area contributed by atoms with Gasteiger partial charge in [0.15, 0.2) is 0 Å². The third-order valence-electron chi connectivity index (χ3n) is 7.09. The van der Waals surface area contributed by atoms with E-state index < -0.39 is 27.9 Å². The summed E-state index contributed by atoms with van der Waals surface area (Å²) < 4.78 is 69.9. The Morgan fingerprint density at radius 1 is 0.974 bits per heavy atom. The molecule has 0 saturated carbocycles. The molecule has 2 aliphatic rings. The molecule has 2 amide bonds. The van der Waals surface area contributed by atoms with Crippen molar-refractivity contribution in [1.29, 1.82) is 0 Å². The number of urea groups is 1. The molecule has 0 bridgehead atoms. The van der Waals surface area contributed by atoms with Crippen molar-refractivity contribution >= 4 is 39.3 Å². The first-order valence-corrected chi connectivity index (χ1v) is 14.6. The topological polar surface area (TPSA) is 70.2 Å². The van der Waals surface area contributed by atoms with E-state index in [0.717, 1.165) is 24.0 Å². The number of hydrogen-bond donors (Lipinski definition) is 0. The smallest absolute Gasteiger partial charge is 0.416 e. The van der Waals surface area contributed by atoms with Crippen molar-refractivity contribution in [2.75, 3.05) is 45.5 Å². The summed E-state index contributed by atoms with van der Waals surface area (Å²) in [6.45, 7) is 3.55. The highest BCUT2D eigenvalue weighted by molar-refractivity contribution is 7.88. The minimum atomic E-state index is -4.44. The van der Waals surface area contributed by atoms with Gasteiger partial charge in [0.2, 0.25) is 10.0 Å². The Morgan fingerprint density at radius 2 is 1.61 bits per heavy atom. The van der Waals surface area contributed by atoms with E-state index in [4.69, 9.17) is 27.9 Å². The van der Waals surface area contributed by atoms with Gasteiger partial charge in [0.05, 0.1) is 21.9 Å². The fourth-order valence-electron chi connectivity index (χ4n) is 4.99. The first-order valence-electron chi connectivity index (χ1n) is 12.0. The highest BCUT2D eigenvalue weighted by atomic mass is 35.5. The number of sulfonamides is 1. The van der Waals surface area contributed by atoms with Crippen LogP contribution in [0.25, 0.3) is 0 Å². The number of carbonyl (C=O) groups is 1. The second kappa shape index (κ2) is 11.1. The number of halogens is 5. The number of hydrogen-bond acceptors (Lipinski definition) is 4. The average Bonchev–Trinajstić information content (AvgIpc) is 3.30. The number of amides is 2. The Bertz CT molecular complexity index is 1270. The highest BCUT2D eigenvalue weighted by Gasteiger charge is 2.42. The minimum Gasteiger partial charge on any atom is -0.490 e. The molecule has 3 atom stereocenters. The number of rotatable bonds is 5. The Labute approximate surface area is 230 Å². The van der Waals surface area contributed by atoms with Crippen molar-refractivity contribution in [3.05, 3.63) is 63.6 Å². The monoisotopic (exact) mass is 593 g/mol. The van der Waals surface area contributed by atoms with Crippen molar-refractivity contribution in [2.45, 2.75) is 25.1 Å². The Kier molecular flexibility index (Phi) is 8.42. The molecule has 0 spiro atoms. The molecular formula is C25H28Cl2F3N3O4S. The molecule has 0 unspecified atom stereocenters. The van der Waals surface area contributed by atoms with E-state index in [1.165, 1.54) is 16.4 Å². The van der Waals surface area contributed by atoms with Crippen LogP contribution in [0, 0.1) is 5.92 Å². The van der Waals surface area contributed by atoms with Gasteiger partial charge < -0.3 is 14.5 Å². The van der Waals surface area contributed by atoms with Crippen LogP contribution >= 0.6 is 23.2 Å². The fourth-order valence-corrected chi connectivity index (χ4v) is 6.13. The minimum absolute atomic E-state index is 0.171. The molecule has 7 nitrogen and oxygen atoms in total. The number of carbonyl (C=O) groups excluding carboxylic acids is 1. The normalized spacial score (nSPS) is 22.0. The zero-order valence-corrected chi connectivity index (χ0v) is 23.1. The molecule has 0 aromatic heterocycles. The first kappa shape index (κ1) is 28.8. The molecule has 0 radical (unpaired) electrons. The first-order chi connectivity index (χ1) is 17.7. The summed E-state index contributed by atoms with van der Waals surface area (Å²) in [4.78, 5) is 16.7. The van der Waals surface area contributed by atoms with E-state index >= 15 is 0 Å². The van der Waals surface area contributed by atoms with Gasteiger partial charge in [-0.05, 0) is 48.9 Å². The van der Waals surface area contributed by atoms with E-state index in [9.17, 15) is 26.4 Å². The van der Waals surface area contributed by atoms with Gasteiger partial charge >= 0.3 is 12.2 Å². The van der Waals surface area contributed by atoms with Crippen LogP contribution in [0.2, 0.25) is 10.0 Å². The van der Waals surface area contributed by atoms with Gasteiger partial charge in [0, 0.05) is 51.1 Å². The van der Waals surface area contributed by atoms with Gasteiger partial charge in [0.25, 0.3) is 0 Å². The summed E-state index contributed by atoms with van der Waals surface area (Å²) in [5.41, 5.74) is 0.101. The van der Waals surface area contributed by atoms with Crippen LogP contribution in [0.15, 0.2) is 42.5 Å². The lowest BCUT2D eigenvalue weighted by molar-refractivity contribution is -0.137. The molecule has 2 aliphatic heterocycles. The molecule has 13 heteroatoms. The van der Waals surface area contributed by atoms with Crippen molar-refractivity contribution in [3.8, 4) is 5.75 Å². The predicted octanol–water partition coefficient (Wildman–Crippen LogP) is 5.19. The molecule has 2 heterocycles. The maximum Gasteiger partial charge on any atom is 0.416 e. The third kappa shape index (κ3) is 6.50. The van der Waals surface area contributed by atoms with Crippen LogP contribution in [0.4, 0.5) is 18.0 Å². The van der Waals surface area contributed by atoms with Crippen LogP contribution in [-0.2, 0) is 16.2 Å². The number of ether oxygens (including phenoxy) is 1. The summed E-state index contributed by atoms with van der Waals surface area (Å²) in [7, 11) is -3.33. The molecule has 38 heavy (non-hydrogen) atoms. The lowest BCUT2D eigenvalue weighted by atomic mass is 9.85. The lowest BCUT2D eigenvalue weighted by Gasteiger charge is -2.35. The maximum absolute atomic E-state index is 13.4. The largest absolute Gasteiger partial charge is 0.490 e. The highest BCUT2D eigenvalue weighted by Crippen LogP contribution is 2.39. The van der Waals surface area contributed by atoms with E-state index in [2.05, 4.69) is 0 Å². The second-order valence-electron chi connectivity index (χ2n) is 9.63. The third-order valence-corrected chi connectivity index (χ3v) is 9.13. The van der Waals surface area contributed by atoms with E-state index in [1.54, 1.807) is 21.9 Å². The van der Waals surface area contributed by atoms with Gasteiger partial charge in [-0.15, -0.1) is 0 Å². The van der Waals surface area contributed by atoms with Gasteiger partial charge in [-0.25, -0.2) is 13.2 Å². The Hall–Kier alpha value is -2.21. The summed E-state index contributed by atoms with van der Waals surface area (Å²) in [6.07, 6.45) is -3.75. The molecule has 0 aliphatic carbocycles. The molecule has 2 fully saturated rings. The predicted molar refractivity (Wildman–Crippen MR) is 139 cm³/mol. The second-order valence-corrected chi connectivity index (χ2v) is 12.4. The van der Waals surface area contributed by atoms with Crippen LogP contribution in [0.1, 0.15) is 24.0 Å². The summed E-state index contributed by atoms with van der Waals surface area (Å²) in [5.74, 6) is -0.0775. The average molecular weight is 594 g/mol. The fraction of sp³-hybridized carbons (Fsp3) is 0.480. The summed E-state index contributed by atoms with van der Waals surface area (Å²) in [5, 5.41) is 0.775. The van der Waals surface area contributed by atoms with Crippen molar-refractivity contribution in [1.82, 2.24) is 14.1 Å². The van der Waals surface area contributed by atoms with E-state index in [1.807, 2.05) is 13.0 Å². The van der Waals surface area contributed by atoms with Crippen LogP contribution in [0.3, 0.4) is 0 Å². The maximum atomic E-state index is 13.4. The molecule has 4 rings (SSSR count). The Balaban J connectivity index is 1.52. The van der Waals surface area contributed by atoms with Crippen LogP contribution < -0.4 is 4.74 Å². The Morgan fingerprint density at radius 3 is 2.16 bits per heavy atom. The lowest BCUT2D eigenvalue weighted by Crippen LogP contribution is -2.53. The van der Waals surface area contributed by atoms with Gasteiger partial charge in [-0.2, -0.15) is 17.5 Å². The van der Waals surface area contributed by atoms with Gasteiger partial charge in [-0.1, -0.05) is 29.3 Å². The van der Waals surface area contributed by atoms with Gasteiger partial charge in [0.1, 0.15) is 11.9 Å². The summed E-state index contributed by atoms with van der Waals surface area (Å²) in [6, 6.07) is 9.60. The molecule has 2 aromatic rings.